The van der Waals surface area contributed by atoms with Crippen LogP contribution in [-0.4, -0.2) is 20.2 Å². The van der Waals surface area contributed by atoms with Crippen LogP contribution in [-0.2, 0) is 19.7 Å². The topological polar surface area (TPSA) is 64.9 Å². The van der Waals surface area contributed by atoms with Crippen molar-refractivity contribution in [2.75, 3.05) is 5.32 Å². The lowest BCUT2D eigenvalue weighted by atomic mass is 10.2. The summed E-state index contributed by atoms with van der Waals surface area (Å²) in [6, 6.07) is 16.4. The third-order valence-corrected chi connectivity index (χ3v) is 3.84. The quantitative estimate of drug-likeness (QED) is 0.680. The Balaban J connectivity index is 1.57. The number of nitrogens with one attached hydrogen (secondary N) is 1. The zero-order valence-corrected chi connectivity index (χ0v) is 14.6. The molecule has 0 aliphatic heterocycles. The van der Waals surface area contributed by atoms with Crippen LogP contribution < -0.4 is 10.1 Å². The maximum atomic E-state index is 5.90. The van der Waals surface area contributed by atoms with Gasteiger partial charge in [0.05, 0.1) is 0 Å². The van der Waals surface area contributed by atoms with Crippen molar-refractivity contribution in [2.45, 2.75) is 40.0 Å². The lowest BCUT2D eigenvalue weighted by Crippen LogP contribution is -2.08. The molecule has 1 N–H and O–H groups in total. The van der Waals surface area contributed by atoms with Crippen molar-refractivity contribution in [3.8, 4) is 5.75 Å². The molecule has 0 spiro atoms. The molecule has 1 aromatic heterocycles. The normalized spacial score (nSPS) is 10.6. The summed E-state index contributed by atoms with van der Waals surface area (Å²) in [5, 5.41) is 15.0. The zero-order chi connectivity index (χ0) is 17.5. The van der Waals surface area contributed by atoms with E-state index < -0.39 is 0 Å². The molecule has 130 valence electrons. The first-order valence-corrected chi connectivity index (χ1v) is 8.52. The molecule has 0 saturated heterocycles. The molecular weight excluding hydrogens is 314 g/mol. The van der Waals surface area contributed by atoms with Crippen LogP contribution in [0.25, 0.3) is 0 Å². The summed E-state index contributed by atoms with van der Waals surface area (Å²) in [5.41, 5.74) is 3.53. The molecule has 0 radical (unpaired) electrons. The van der Waals surface area contributed by atoms with Crippen molar-refractivity contribution in [2.24, 2.45) is 0 Å². The Morgan fingerprint density at radius 1 is 1.08 bits per heavy atom. The number of aryl methyl sites for hydroxylation is 2. The lowest BCUT2D eigenvalue weighted by molar-refractivity contribution is 0.306. The summed E-state index contributed by atoms with van der Waals surface area (Å²) < 4.78 is 7.67. The third kappa shape index (κ3) is 4.79. The van der Waals surface area contributed by atoms with Gasteiger partial charge in [-0.05, 0) is 47.0 Å². The van der Waals surface area contributed by atoms with E-state index in [9.17, 15) is 0 Å². The molecule has 0 atom stereocenters. The van der Waals surface area contributed by atoms with Gasteiger partial charge >= 0.3 is 0 Å². The van der Waals surface area contributed by atoms with Gasteiger partial charge in [0.1, 0.15) is 12.4 Å². The number of hydrogen-bond donors (Lipinski definition) is 1. The molecule has 3 aromatic rings. The fourth-order valence-electron chi connectivity index (χ4n) is 2.47. The molecule has 3 rings (SSSR count). The Hall–Kier alpha value is -2.89. The first-order chi connectivity index (χ1) is 12.2. The monoisotopic (exact) mass is 337 g/mol. The zero-order valence-electron chi connectivity index (χ0n) is 14.6. The predicted octanol–water partition coefficient (Wildman–Crippen LogP) is 3.58. The number of rotatable bonds is 8. The smallest absolute Gasteiger partial charge is 0.243 e. The standard InChI is InChI=1S/C19H23N5O/c1-3-11-24-19(21-22-23-24)20-13-17-5-4-6-18(12-17)25-14-16-9-7-15(2)8-10-16/h4-10,12H,3,11,13-14H2,1-2H3,(H,20,21,23). The van der Waals surface area contributed by atoms with Crippen LogP contribution in [0.3, 0.4) is 0 Å². The Labute approximate surface area is 147 Å². The van der Waals surface area contributed by atoms with E-state index in [1.165, 1.54) is 5.56 Å². The first-order valence-electron chi connectivity index (χ1n) is 8.52. The average molecular weight is 337 g/mol. The molecule has 0 amide bonds. The predicted molar refractivity (Wildman–Crippen MR) is 97.4 cm³/mol. The second-order valence-corrected chi connectivity index (χ2v) is 6.00. The molecule has 0 aliphatic carbocycles. The van der Waals surface area contributed by atoms with Crippen LogP contribution in [0.5, 0.6) is 5.75 Å². The molecular formula is C19H23N5O. The molecule has 25 heavy (non-hydrogen) atoms. The van der Waals surface area contributed by atoms with Crippen molar-refractivity contribution >= 4 is 5.95 Å². The average Bonchev–Trinajstić information content (AvgIpc) is 3.07. The minimum Gasteiger partial charge on any atom is -0.489 e. The highest BCUT2D eigenvalue weighted by Gasteiger charge is 2.05. The summed E-state index contributed by atoms with van der Waals surface area (Å²) in [6.07, 6.45) is 0.988. The maximum absolute atomic E-state index is 5.90. The highest BCUT2D eigenvalue weighted by Crippen LogP contribution is 2.16. The van der Waals surface area contributed by atoms with E-state index >= 15 is 0 Å². The molecule has 2 aromatic carbocycles. The summed E-state index contributed by atoms with van der Waals surface area (Å²) >= 11 is 0. The fourth-order valence-corrected chi connectivity index (χ4v) is 2.47. The number of aromatic nitrogens is 4. The molecule has 1 heterocycles. The van der Waals surface area contributed by atoms with E-state index in [4.69, 9.17) is 4.74 Å². The van der Waals surface area contributed by atoms with Crippen LogP contribution in [0.1, 0.15) is 30.0 Å². The largest absolute Gasteiger partial charge is 0.489 e. The summed E-state index contributed by atoms with van der Waals surface area (Å²) in [7, 11) is 0. The minimum absolute atomic E-state index is 0.561. The number of ether oxygens (including phenoxy) is 1. The number of tetrazole rings is 1. The van der Waals surface area contributed by atoms with Gasteiger partial charge in [-0.25, -0.2) is 4.68 Å². The third-order valence-electron chi connectivity index (χ3n) is 3.84. The van der Waals surface area contributed by atoms with Crippen molar-refractivity contribution in [3.05, 3.63) is 65.2 Å². The summed E-state index contributed by atoms with van der Waals surface area (Å²) in [5.74, 6) is 1.54. The van der Waals surface area contributed by atoms with Crippen LogP contribution in [0.15, 0.2) is 48.5 Å². The molecule has 6 nitrogen and oxygen atoms in total. The van der Waals surface area contributed by atoms with E-state index in [0.717, 1.165) is 29.8 Å². The Morgan fingerprint density at radius 2 is 1.92 bits per heavy atom. The van der Waals surface area contributed by atoms with E-state index in [0.29, 0.717) is 19.1 Å². The van der Waals surface area contributed by atoms with Gasteiger partial charge in [-0.1, -0.05) is 54.0 Å². The second kappa shape index (κ2) is 8.28. The van der Waals surface area contributed by atoms with Crippen molar-refractivity contribution in [1.82, 2.24) is 20.2 Å². The van der Waals surface area contributed by atoms with Gasteiger partial charge in [-0.2, -0.15) is 0 Å². The van der Waals surface area contributed by atoms with Crippen LogP contribution >= 0.6 is 0 Å². The van der Waals surface area contributed by atoms with Crippen molar-refractivity contribution in [1.29, 1.82) is 0 Å². The molecule has 0 saturated carbocycles. The van der Waals surface area contributed by atoms with Crippen LogP contribution in [0.2, 0.25) is 0 Å². The van der Waals surface area contributed by atoms with E-state index in [-0.39, 0.29) is 0 Å². The first kappa shape index (κ1) is 17.0. The highest BCUT2D eigenvalue weighted by atomic mass is 16.5. The lowest BCUT2D eigenvalue weighted by Gasteiger charge is -2.10. The highest BCUT2D eigenvalue weighted by molar-refractivity contribution is 5.32. The second-order valence-electron chi connectivity index (χ2n) is 6.00. The molecule has 0 aliphatic rings. The van der Waals surface area contributed by atoms with Gasteiger partial charge < -0.3 is 10.1 Å². The van der Waals surface area contributed by atoms with Gasteiger partial charge in [0.15, 0.2) is 0 Å². The van der Waals surface area contributed by atoms with E-state index in [2.05, 4.69) is 65.0 Å². The Bertz CT molecular complexity index is 798. The Kier molecular flexibility index (Phi) is 5.61. The van der Waals surface area contributed by atoms with Crippen molar-refractivity contribution in [3.63, 3.8) is 0 Å². The van der Waals surface area contributed by atoms with Gasteiger partial charge in [0, 0.05) is 13.1 Å². The van der Waals surface area contributed by atoms with Gasteiger partial charge in [0.2, 0.25) is 5.95 Å². The van der Waals surface area contributed by atoms with E-state index in [1.807, 2.05) is 18.2 Å². The SMILES string of the molecule is CCCn1nnnc1NCc1cccc(OCc2ccc(C)cc2)c1. The van der Waals surface area contributed by atoms with Gasteiger partial charge in [0.25, 0.3) is 0 Å². The number of anilines is 1. The van der Waals surface area contributed by atoms with Crippen molar-refractivity contribution < 1.29 is 4.74 Å². The summed E-state index contributed by atoms with van der Waals surface area (Å²) in [6.45, 7) is 6.19. The summed E-state index contributed by atoms with van der Waals surface area (Å²) in [4.78, 5) is 0. The minimum atomic E-state index is 0.561. The van der Waals surface area contributed by atoms with Crippen LogP contribution in [0, 0.1) is 6.92 Å². The number of hydrogen-bond acceptors (Lipinski definition) is 5. The number of benzene rings is 2. The Morgan fingerprint density at radius 3 is 2.72 bits per heavy atom. The van der Waals surface area contributed by atoms with Gasteiger partial charge in [-0.3, -0.25) is 0 Å². The molecule has 6 heteroatoms. The maximum Gasteiger partial charge on any atom is 0.243 e. The molecule has 0 fully saturated rings. The van der Waals surface area contributed by atoms with Crippen LogP contribution in [0.4, 0.5) is 5.95 Å². The molecule has 0 bridgehead atoms. The van der Waals surface area contributed by atoms with E-state index in [1.54, 1.807) is 4.68 Å². The number of nitrogens with zero attached hydrogens (tertiary/aromatic N) is 4. The van der Waals surface area contributed by atoms with Gasteiger partial charge in [-0.15, -0.1) is 0 Å². The molecule has 0 unspecified atom stereocenters. The fraction of sp³-hybridized carbons (Fsp3) is 0.316.